The van der Waals surface area contributed by atoms with Crippen molar-refractivity contribution in [3.63, 3.8) is 0 Å². The largest absolute Gasteiger partial charge is 0.471 e. The van der Waals surface area contributed by atoms with Crippen molar-refractivity contribution in [1.29, 1.82) is 0 Å². The first-order valence-corrected chi connectivity index (χ1v) is 11.3. The monoisotopic (exact) mass is 492 g/mol. The minimum atomic E-state index is -4.65. The molecule has 1 atom stereocenters. The summed E-state index contributed by atoms with van der Waals surface area (Å²) < 4.78 is 52.9. The fourth-order valence-electron chi connectivity index (χ4n) is 3.12. The number of halogens is 2. The van der Waals surface area contributed by atoms with Gasteiger partial charge in [-0.15, -0.1) is 0 Å². The average Bonchev–Trinajstić information content (AvgIpc) is 3.24. The second-order valence-electron chi connectivity index (χ2n) is 7.22. The Kier molecular flexibility index (Phi) is 6.87. The molecule has 1 aliphatic rings. The Morgan fingerprint density at radius 1 is 1.21 bits per heavy atom. The van der Waals surface area contributed by atoms with Crippen LogP contribution in [0.5, 0.6) is 11.6 Å². The number of phosphoric acid groups is 1. The summed E-state index contributed by atoms with van der Waals surface area (Å²) in [5, 5.41) is 4.05. The van der Waals surface area contributed by atoms with E-state index in [2.05, 4.69) is 14.7 Å². The number of rotatable bonds is 8. The molecule has 3 aromatic rings. The zero-order valence-electron chi connectivity index (χ0n) is 17.4. The summed E-state index contributed by atoms with van der Waals surface area (Å²) in [6, 6.07) is 9.12. The maximum absolute atomic E-state index is 13.7. The van der Waals surface area contributed by atoms with Crippen LogP contribution in [-0.2, 0) is 15.5 Å². The van der Waals surface area contributed by atoms with E-state index in [1.54, 1.807) is 42.5 Å². The number of allylic oxidation sites excluding steroid dienone is 2. The van der Waals surface area contributed by atoms with E-state index < -0.39 is 32.4 Å². The summed E-state index contributed by atoms with van der Waals surface area (Å²) in [6.07, 6.45) is 5.39. The lowest BCUT2D eigenvalue weighted by Crippen LogP contribution is -2.41. The normalized spacial score (nSPS) is 16.0. The van der Waals surface area contributed by atoms with Gasteiger partial charge in [-0.2, -0.15) is 0 Å². The zero-order valence-corrected chi connectivity index (χ0v) is 18.3. The van der Waals surface area contributed by atoms with Gasteiger partial charge in [0.1, 0.15) is 24.5 Å². The van der Waals surface area contributed by atoms with Crippen LogP contribution in [0.25, 0.3) is 5.57 Å². The van der Waals surface area contributed by atoms with Crippen LogP contribution in [0.2, 0.25) is 0 Å². The average molecular weight is 492 g/mol. The van der Waals surface area contributed by atoms with Crippen molar-refractivity contribution in [2.75, 3.05) is 6.73 Å². The molecule has 0 spiro atoms. The summed E-state index contributed by atoms with van der Waals surface area (Å²) in [5.74, 6) is -1.32. The van der Waals surface area contributed by atoms with Gasteiger partial charge in [0.15, 0.2) is 11.6 Å². The van der Waals surface area contributed by atoms with Crippen LogP contribution in [0.15, 0.2) is 65.5 Å². The Balaban J connectivity index is 1.39. The molecule has 1 unspecified atom stereocenters. The molecule has 34 heavy (non-hydrogen) atoms. The standard InChI is InChI=1S/C21H19F2N4O6P/c22-14-9-18(23)21(25-11-14)32-16-5-3-13(4-6-16)8-15-10-19(33-26-15)17-2-1-7-27(20(17)24)12-31-34(28,29)30/h1-7,9-11,20H,8,12,24H2,(H2,28,29,30). The topological polar surface area (TPSA) is 144 Å². The van der Waals surface area contributed by atoms with Gasteiger partial charge in [0.05, 0.1) is 11.9 Å². The molecule has 178 valence electrons. The summed E-state index contributed by atoms with van der Waals surface area (Å²) in [5.41, 5.74) is 8.18. The quantitative estimate of drug-likeness (QED) is 0.401. The van der Waals surface area contributed by atoms with Gasteiger partial charge < -0.3 is 29.7 Å². The molecule has 13 heteroatoms. The summed E-state index contributed by atoms with van der Waals surface area (Å²) in [7, 11) is -4.65. The lowest BCUT2D eigenvalue weighted by atomic mass is 10.1. The van der Waals surface area contributed by atoms with Crippen LogP contribution >= 0.6 is 7.82 Å². The highest BCUT2D eigenvalue weighted by Crippen LogP contribution is 2.36. The molecule has 4 N–H and O–H groups in total. The highest BCUT2D eigenvalue weighted by Gasteiger charge is 2.25. The number of pyridine rings is 1. The minimum absolute atomic E-state index is 0.324. The Morgan fingerprint density at radius 3 is 2.68 bits per heavy atom. The maximum atomic E-state index is 13.7. The number of nitrogens with zero attached hydrogens (tertiary/aromatic N) is 3. The van der Waals surface area contributed by atoms with Gasteiger partial charge in [-0.1, -0.05) is 23.4 Å². The predicted octanol–water partition coefficient (Wildman–Crippen LogP) is 3.30. The van der Waals surface area contributed by atoms with Gasteiger partial charge in [-0.25, -0.2) is 18.3 Å². The number of ether oxygens (including phenoxy) is 1. The molecular weight excluding hydrogens is 473 g/mol. The Labute approximate surface area is 192 Å². The highest BCUT2D eigenvalue weighted by atomic mass is 31.2. The molecule has 0 radical (unpaired) electrons. The number of hydrogen-bond acceptors (Lipinski definition) is 8. The fraction of sp³-hybridized carbons (Fsp3) is 0.143. The van der Waals surface area contributed by atoms with E-state index in [1.807, 2.05) is 0 Å². The van der Waals surface area contributed by atoms with Crippen molar-refractivity contribution in [2.24, 2.45) is 5.73 Å². The van der Waals surface area contributed by atoms with Gasteiger partial charge in [-0.3, -0.25) is 4.52 Å². The van der Waals surface area contributed by atoms with Crippen molar-refractivity contribution in [3.8, 4) is 11.6 Å². The molecule has 0 saturated carbocycles. The van der Waals surface area contributed by atoms with Gasteiger partial charge >= 0.3 is 7.82 Å². The van der Waals surface area contributed by atoms with Gasteiger partial charge in [0, 0.05) is 30.3 Å². The molecule has 10 nitrogen and oxygen atoms in total. The van der Waals surface area contributed by atoms with Crippen molar-refractivity contribution in [2.45, 2.75) is 12.6 Å². The van der Waals surface area contributed by atoms with Crippen molar-refractivity contribution >= 4 is 13.4 Å². The number of aromatic nitrogens is 2. The molecule has 3 heterocycles. The van der Waals surface area contributed by atoms with E-state index in [1.165, 1.54) is 11.1 Å². The Bertz CT molecular complexity index is 1270. The van der Waals surface area contributed by atoms with Crippen molar-refractivity contribution < 1.29 is 36.9 Å². The first-order valence-electron chi connectivity index (χ1n) is 9.81. The predicted molar refractivity (Wildman–Crippen MR) is 115 cm³/mol. The highest BCUT2D eigenvalue weighted by molar-refractivity contribution is 7.46. The van der Waals surface area contributed by atoms with Crippen molar-refractivity contribution in [3.05, 3.63) is 89.6 Å². The zero-order chi connectivity index (χ0) is 24.3. The number of hydrogen-bond donors (Lipinski definition) is 3. The molecular formula is C21H19F2N4O6P. The SMILES string of the molecule is NC1C(c2cc(Cc3ccc(Oc4ncc(F)cc4F)cc3)no2)=CC=CN1COP(=O)(O)O. The van der Waals surface area contributed by atoms with E-state index in [-0.39, 0.29) is 5.88 Å². The molecule has 1 aromatic carbocycles. The first kappa shape index (κ1) is 23.7. The van der Waals surface area contributed by atoms with E-state index in [4.69, 9.17) is 24.8 Å². The van der Waals surface area contributed by atoms with E-state index in [9.17, 15) is 13.3 Å². The third kappa shape index (κ3) is 5.93. The van der Waals surface area contributed by atoms with Gasteiger partial charge in [0.2, 0.25) is 0 Å². The van der Waals surface area contributed by atoms with Crippen LogP contribution < -0.4 is 10.5 Å². The lowest BCUT2D eigenvalue weighted by Gasteiger charge is -2.30. The number of nitrogens with two attached hydrogens (primary N) is 1. The van der Waals surface area contributed by atoms with Crippen LogP contribution in [-0.4, -0.2) is 37.7 Å². The second-order valence-corrected chi connectivity index (χ2v) is 8.46. The van der Waals surface area contributed by atoms with Gasteiger partial charge in [-0.05, 0) is 23.8 Å². The fourth-order valence-corrected chi connectivity index (χ4v) is 3.41. The molecule has 1 aliphatic heterocycles. The maximum Gasteiger partial charge on any atom is 0.471 e. The number of phosphoric ester groups is 1. The molecule has 0 bridgehead atoms. The third-order valence-corrected chi connectivity index (χ3v) is 5.20. The molecule has 4 rings (SSSR count). The van der Waals surface area contributed by atoms with E-state index >= 15 is 0 Å². The Morgan fingerprint density at radius 2 is 1.97 bits per heavy atom. The van der Waals surface area contributed by atoms with Gasteiger partial charge in [0.25, 0.3) is 5.88 Å². The molecule has 0 amide bonds. The van der Waals surface area contributed by atoms with E-state index in [0.29, 0.717) is 35.3 Å². The third-order valence-electron chi connectivity index (χ3n) is 4.74. The van der Waals surface area contributed by atoms with Crippen molar-refractivity contribution in [1.82, 2.24) is 15.0 Å². The summed E-state index contributed by atoms with van der Waals surface area (Å²) in [6.45, 7) is -0.411. The molecule has 2 aromatic heterocycles. The van der Waals surface area contributed by atoms with Crippen LogP contribution in [0.3, 0.4) is 0 Å². The minimum Gasteiger partial charge on any atom is -0.436 e. The summed E-state index contributed by atoms with van der Waals surface area (Å²) >= 11 is 0. The second kappa shape index (κ2) is 9.84. The lowest BCUT2D eigenvalue weighted by molar-refractivity contribution is 0.110. The molecule has 0 aliphatic carbocycles. The molecule has 0 saturated heterocycles. The number of benzene rings is 1. The van der Waals surface area contributed by atoms with Crippen LogP contribution in [0, 0.1) is 11.6 Å². The Hall–Kier alpha value is -3.41. The smallest absolute Gasteiger partial charge is 0.436 e. The van der Waals surface area contributed by atoms with Crippen LogP contribution in [0.4, 0.5) is 8.78 Å². The first-order chi connectivity index (χ1) is 16.2. The molecule has 0 fully saturated rings. The van der Waals surface area contributed by atoms with E-state index in [0.717, 1.165) is 11.8 Å². The summed E-state index contributed by atoms with van der Waals surface area (Å²) in [4.78, 5) is 22.8. The van der Waals surface area contributed by atoms with Crippen LogP contribution in [0.1, 0.15) is 17.0 Å².